The zero-order valence-corrected chi connectivity index (χ0v) is 14.8. The molecule has 0 bridgehead atoms. The molecule has 1 aromatic carbocycles. The maximum Gasteiger partial charge on any atom is 0.440 e. The molecule has 1 saturated heterocycles. The first-order chi connectivity index (χ1) is 13.1. The van der Waals surface area contributed by atoms with Crippen molar-refractivity contribution in [3.63, 3.8) is 0 Å². The zero-order chi connectivity index (χ0) is 20.7. The molecule has 7 nitrogen and oxygen atoms in total. The van der Waals surface area contributed by atoms with Crippen molar-refractivity contribution in [1.29, 1.82) is 0 Å². The highest BCUT2D eigenvalue weighted by Gasteiger charge is 2.69. The van der Waals surface area contributed by atoms with Gasteiger partial charge < -0.3 is 5.32 Å². The highest BCUT2D eigenvalue weighted by Crippen LogP contribution is 2.36. The predicted molar refractivity (Wildman–Crippen MR) is 92.4 cm³/mol. The number of urea groups is 1. The van der Waals surface area contributed by atoms with Crippen LogP contribution in [-0.4, -0.2) is 34.7 Å². The Morgan fingerprint density at radius 3 is 2.46 bits per heavy atom. The number of alkyl halides is 3. The second kappa shape index (κ2) is 6.63. The van der Waals surface area contributed by atoms with Crippen molar-refractivity contribution in [2.45, 2.75) is 25.7 Å². The number of benzene rings is 1. The van der Waals surface area contributed by atoms with E-state index in [2.05, 4.69) is 4.98 Å². The first-order valence-corrected chi connectivity index (χ1v) is 8.10. The van der Waals surface area contributed by atoms with Crippen LogP contribution in [0.5, 0.6) is 0 Å². The Kier molecular flexibility index (Phi) is 4.58. The Morgan fingerprint density at radius 2 is 1.89 bits per heavy atom. The van der Waals surface area contributed by atoms with Gasteiger partial charge >= 0.3 is 12.2 Å². The minimum Gasteiger partial charge on any atom is -0.314 e. The summed E-state index contributed by atoms with van der Waals surface area (Å²) in [6, 6.07) is 5.64. The Morgan fingerprint density at radius 1 is 1.18 bits per heavy atom. The number of pyridine rings is 1. The fourth-order valence-corrected chi connectivity index (χ4v) is 2.72. The number of carbonyl (C=O) groups excluding carboxylic acids is 3. The molecule has 0 radical (unpaired) electrons. The van der Waals surface area contributed by atoms with Crippen LogP contribution in [-0.2, 0) is 4.79 Å². The van der Waals surface area contributed by atoms with Gasteiger partial charge in [0.25, 0.3) is 17.5 Å². The second-order valence-electron chi connectivity index (χ2n) is 6.28. The van der Waals surface area contributed by atoms with Crippen molar-refractivity contribution in [1.82, 2.24) is 15.6 Å². The lowest BCUT2D eigenvalue weighted by Gasteiger charge is -2.29. The molecule has 3 rings (SSSR count). The van der Waals surface area contributed by atoms with E-state index in [1.807, 2.05) is 0 Å². The van der Waals surface area contributed by atoms with Gasteiger partial charge in [-0.2, -0.15) is 13.2 Å². The number of nitrogens with zero attached hydrogens (tertiary/aromatic N) is 2. The number of hydrogen-bond donors (Lipinski definition) is 2. The second-order valence-corrected chi connectivity index (χ2v) is 6.28. The molecular weight excluding hydrogens is 377 g/mol. The van der Waals surface area contributed by atoms with Crippen LogP contribution in [0.2, 0.25) is 0 Å². The Labute approximate surface area is 157 Å². The summed E-state index contributed by atoms with van der Waals surface area (Å²) in [5.41, 5.74) is -2.30. The largest absolute Gasteiger partial charge is 0.440 e. The molecule has 2 aromatic rings. The molecule has 1 aromatic heterocycles. The minimum absolute atomic E-state index is 0.0349. The Hall–Kier alpha value is -3.43. The molecule has 146 valence electrons. The van der Waals surface area contributed by atoms with Crippen LogP contribution < -0.4 is 15.5 Å². The van der Waals surface area contributed by atoms with Crippen LogP contribution in [0.25, 0.3) is 0 Å². The van der Waals surface area contributed by atoms with Crippen LogP contribution in [0.4, 0.5) is 23.7 Å². The number of carbonyl (C=O) groups is 3. The highest BCUT2D eigenvalue weighted by atomic mass is 19.4. The van der Waals surface area contributed by atoms with Gasteiger partial charge in [-0.05, 0) is 49.2 Å². The Bertz CT molecular complexity index is 962. The van der Waals surface area contributed by atoms with E-state index in [9.17, 15) is 27.6 Å². The lowest BCUT2D eigenvalue weighted by molar-refractivity contribution is -0.197. The van der Waals surface area contributed by atoms with E-state index in [-0.39, 0.29) is 11.3 Å². The van der Waals surface area contributed by atoms with E-state index in [1.165, 1.54) is 30.5 Å². The zero-order valence-electron chi connectivity index (χ0n) is 14.8. The lowest BCUT2D eigenvalue weighted by Crippen LogP contribution is -2.69. The van der Waals surface area contributed by atoms with E-state index in [0.717, 1.165) is 11.8 Å². The van der Waals surface area contributed by atoms with E-state index < -0.39 is 29.7 Å². The summed E-state index contributed by atoms with van der Waals surface area (Å²) >= 11 is 0. The average Bonchev–Trinajstić information content (AvgIpc) is 2.89. The van der Waals surface area contributed by atoms with Gasteiger partial charge in [0.05, 0.1) is 11.3 Å². The average molecular weight is 392 g/mol. The van der Waals surface area contributed by atoms with Gasteiger partial charge in [0, 0.05) is 12.4 Å². The van der Waals surface area contributed by atoms with Gasteiger partial charge in [-0.1, -0.05) is 6.07 Å². The summed E-state index contributed by atoms with van der Waals surface area (Å²) in [6.07, 6.45) is -2.91. The number of rotatable bonds is 3. The molecular formula is C18H15F3N4O3. The number of amides is 4. The Balaban J connectivity index is 2.02. The van der Waals surface area contributed by atoms with E-state index in [4.69, 9.17) is 0 Å². The maximum absolute atomic E-state index is 13.9. The summed E-state index contributed by atoms with van der Waals surface area (Å²) in [4.78, 5) is 41.3. The highest BCUT2D eigenvalue weighted by molar-refractivity contribution is 6.24. The number of aryl methyl sites for hydroxylation is 2. The van der Waals surface area contributed by atoms with Crippen molar-refractivity contribution in [3.8, 4) is 0 Å². The molecule has 2 N–H and O–H groups in total. The van der Waals surface area contributed by atoms with Crippen molar-refractivity contribution in [3.05, 3.63) is 59.4 Å². The van der Waals surface area contributed by atoms with Crippen molar-refractivity contribution < 1.29 is 27.6 Å². The van der Waals surface area contributed by atoms with Crippen LogP contribution in [0, 0.1) is 13.8 Å². The summed E-state index contributed by atoms with van der Waals surface area (Å²) < 4.78 is 41.6. The third-order valence-electron chi connectivity index (χ3n) is 4.42. The summed E-state index contributed by atoms with van der Waals surface area (Å²) in [7, 11) is 0. The number of hydrogen-bond acceptors (Lipinski definition) is 4. The molecule has 1 aliphatic heterocycles. The molecule has 0 aliphatic carbocycles. The van der Waals surface area contributed by atoms with Crippen LogP contribution in [0.3, 0.4) is 0 Å². The monoisotopic (exact) mass is 392 g/mol. The normalized spacial score (nSPS) is 19.5. The number of nitrogens with one attached hydrogen (secondary N) is 2. The molecule has 0 saturated carbocycles. The fourth-order valence-electron chi connectivity index (χ4n) is 2.72. The van der Waals surface area contributed by atoms with Gasteiger partial charge in [0.1, 0.15) is 0 Å². The molecule has 1 atom stereocenters. The molecule has 2 heterocycles. The first-order valence-electron chi connectivity index (χ1n) is 8.10. The van der Waals surface area contributed by atoms with Gasteiger partial charge in [-0.3, -0.25) is 19.9 Å². The van der Waals surface area contributed by atoms with Gasteiger partial charge in [-0.25, -0.2) is 9.69 Å². The van der Waals surface area contributed by atoms with Crippen molar-refractivity contribution in [2.24, 2.45) is 0 Å². The van der Waals surface area contributed by atoms with Crippen molar-refractivity contribution >= 4 is 23.5 Å². The van der Waals surface area contributed by atoms with Gasteiger partial charge in [-0.15, -0.1) is 0 Å². The van der Waals surface area contributed by atoms with Crippen molar-refractivity contribution in [2.75, 3.05) is 4.90 Å². The molecule has 28 heavy (non-hydrogen) atoms. The summed E-state index contributed by atoms with van der Waals surface area (Å²) in [5.74, 6) is -2.86. The van der Waals surface area contributed by atoms with E-state index in [1.54, 1.807) is 30.5 Å². The lowest BCUT2D eigenvalue weighted by atomic mass is 10.1. The molecule has 4 amide bonds. The van der Waals surface area contributed by atoms with E-state index in [0.29, 0.717) is 10.5 Å². The third-order valence-corrected chi connectivity index (χ3v) is 4.42. The van der Waals surface area contributed by atoms with Gasteiger partial charge in [0.15, 0.2) is 0 Å². The minimum atomic E-state index is -5.29. The van der Waals surface area contributed by atoms with Crippen LogP contribution >= 0.6 is 0 Å². The fraction of sp³-hybridized carbons (Fsp3) is 0.222. The molecule has 1 fully saturated rings. The standard InChI is InChI=1S/C18H15F3N4O3/c1-10-5-6-13(8-11(10)2)25-15(27)17(18(19,20)21,24-16(25)28)23-14(26)12-4-3-7-22-9-12/h3-9H,1-2H3,(H,23,26)(H,24,28)/t17-/m1/s1. The number of imide groups is 1. The smallest absolute Gasteiger partial charge is 0.314 e. The summed E-state index contributed by atoms with van der Waals surface area (Å²) in [5, 5.41) is 3.23. The maximum atomic E-state index is 13.9. The summed E-state index contributed by atoms with van der Waals surface area (Å²) in [6.45, 7) is 3.47. The van der Waals surface area contributed by atoms with Gasteiger partial charge in [0.2, 0.25) is 0 Å². The molecule has 10 heteroatoms. The van der Waals surface area contributed by atoms with E-state index >= 15 is 0 Å². The third kappa shape index (κ3) is 3.06. The number of aromatic nitrogens is 1. The molecule has 0 unspecified atom stereocenters. The molecule has 0 spiro atoms. The van der Waals surface area contributed by atoms with Crippen LogP contribution in [0.15, 0.2) is 42.7 Å². The topological polar surface area (TPSA) is 91.4 Å². The quantitative estimate of drug-likeness (QED) is 0.785. The number of halogens is 3. The molecule has 1 aliphatic rings. The first kappa shape index (κ1) is 19.3. The number of anilines is 1. The van der Waals surface area contributed by atoms with Crippen LogP contribution in [0.1, 0.15) is 21.5 Å². The SMILES string of the molecule is Cc1ccc(N2C(=O)N[C@@](NC(=O)c3cccnc3)(C(F)(F)F)C2=O)cc1C. The predicted octanol–water partition coefficient (Wildman–Crippen LogP) is 2.44.